The number of hydrogen-bond donors (Lipinski definition) is 3. The number of H-pyrrole nitrogens is 1. The molecule has 126 valence electrons. The van der Waals surface area contributed by atoms with Crippen LogP contribution in [-0.4, -0.2) is 33.2 Å². The highest BCUT2D eigenvalue weighted by molar-refractivity contribution is 6.08. The fraction of sp³-hybridized carbons (Fsp3) is 0.421. The molecule has 0 saturated heterocycles. The number of aliphatic hydroxyl groups excluding tert-OH is 1. The van der Waals surface area contributed by atoms with Crippen molar-refractivity contribution >= 4 is 27.7 Å². The molecule has 0 saturated carbocycles. The Hall–Kier alpha value is -2.27. The Morgan fingerprint density at radius 2 is 2.17 bits per heavy atom. The normalized spacial score (nSPS) is 21.3. The lowest BCUT2D eigenvalue weighted by Gasteiger charge is -2.26. The van der Waals surface area contributed by atoms with Crippen LogP contribution in [0.15, 0.2) is 24.4 Å². The van der Waals surface area contributed by atoms with Crippen molar-refractivity contribution < 1.29 is 9.90 Å². The number of amides is 1. The summed E-state index contributed by atoms with van der Waals surface area (Å²) in [4.78, 5) is 16.3. The molecule has 24 heavy (non-hydrogen) atoms. The molecule has 0 spiro atoms. The molecule has 0 fully saturated rings. The molecule has 3 aromatic rings. The van der Waals surface area contributed by atoms with Gasteiger partial charge in [0, 0.05) is 28.2 Å². The van der Waals surface area contributed by atoms with Gasteiger partial charge in [-0.2, -0.15) is 0 Å². The second kappa shape index (κ2) is 5.38. The molecule has 1 aliphatic heterocycles. The zero-order chi connectivity index (χ0) is 17.0. The summed E-state index contributed by atoms with van der Waals surface area (Å²) in [5.74, 6) is 0.130. The smallest absolute Gasteiger partial charge is 0.243 e. The van der Waals surface area contributed by atoms with Crippen LogP contribution in [-0.2, 0) is 11.2 Å². The quantitative estimate of drug-likeness (QED) is 0.678. The fourth-order valence-corrected chi connectivity index (χ4v) is 4.09. The third kappa shape index (κ3) is 2.08. The summed E-state index contributed by atoms with van der Waals surface area (Å²) < 4.78 is 2.18. The highest BCUT2D eigenvalue weighted by atomic mass is 16.3. The number of aromatic nitrogens is 2. The Morgan fingerprint density at radius 1 is 1.38 bits per heavy atom. The molecule has 0 aliphatic carbocycles. The topological polar surface area (TPSA) is 70.0 Å². The summed E-state index contributed by atoms with van der Waals surface area (Å²) in [6, 6.07) is 5.80. The van der Waals surface area contributed by atoms with E-state index in [-0.39, 0.29) is 30.5 Å². The van der Waals surface area contributed by atoms with Crippen molar-refractivity contribution in [2.75, 3.05) is 6.61 Å². The van der Waals surface area contributed by atoms with Gasteiger partial charge in [-0.3, -0.25) is 4.79 Å². The number of carbonyl (C=O) groups excluding carboxylic acids is 1. The second-order valence-corrected chi connectivity index (χ2v) is 7.18. The average molecular weight is 325 g/mol. The summed E-state index contributed by atoms with van der Waals surface area (Å²) in [5, 5.41) is 15.1. The largest absolute Gasteiger partial charge is 0.394 e. The Bertz CT molecular complexity index is 935. The zero-order valence-corrected chi connectivity index (χ0v) is 14.3. The number of carbonyl (C=O) groups is 1. The minimum Gasteiger partial charge on any atom is -0.394 e. The molecule has 5 nitrogen and oxygen atoms in total. The molecule has 2 aromatic heterocycles. The third-order valence-corrected chi connectivity index (χ3v) is 5.13. The van der Waals surface area contributed by atoms with E-state index in [0.717, 1.165) is 27.7 Å². The Labute approximate surface area is 140 Å². The maximum Gasteiger partial charge on any atom is 0.243 e. The molecule has 2 atom stereocenters. The number of nitrogens with one attached hydrogen (secondary N) is 2. The number of aromatic amines is 1. The molecule has 3 N–H and O–H groups in total. The second-order valence-electron chi connectivity index (χ2n) is 7.18. The van der Waals surface area contributed by atoms with Crippen molar-refractivity contribution in [2.24, 2.45) is 5.92 Å². The van der Waals surface area contributed by atoms with E-state index in [9.17, 15) is 9.90 Å². The standard InChI is InChI=1S/C19H23N3O2/c1-10(2)17-19(24)21-14(9-23)7-13-8-20-15-5-4-12-6-11(3)22(17)18(12)16(13)15/h4-6,8,10,14,17,20,23H,7,9H2,1-3H3,(H,21,24)/t14-,17+/m0/s1. The van der Waals surface area contributed by atoms with E-state index in [1.807, 2.05) is 6.20 Å². The number of nitrogens with zero attached hydrogens (tertiary/aromatic N) is 1. The van der Waals surface area contributed by atoms with Gasteiger partial charge < -0.3 is 20.0 Å². The van der Waals surface area contributed by atoms with Crippen molar-refractivity contribution in [1.29, 1.82) is 0 Å². The van der Waals surface area contributed by atoms with E-state index in [0.29, 0.717) is 6.42 Å². The van der Waals surface area contributed by atoms with Crippen molar-refractivity contribution in [1.82, 2.24) is 14.9 Å². The Kier molecular flexibility index (Phi) is 3.42. The maximum atomic E-state index is 13.0. The molecule has 1 aromatic carbocycles. The molecule has 3 heterocycles. The summed E-state index contributed by atoms with van der Waals surface area (Å²) in [7, 11) is 0. The van der Waals surface area contributed by atoms with Crippen LogP contribution in [0.5, 0.6) is 0 Å². The minimum atomic E-state index is -0.289. The van der Waals surface area contributed by atoms with Gasteiger partial charge in [0.05, 0.1) is 18.2 Å². The van der Waals surface area contributed by atoms with Crippen LogP contribution in [0.4, 0.5) is 0 Å². The van der Waals surface area contributed by atoms with E-state index in [4.69, 9.17) is 0 Å². The number of aliphatic hydroxyl groups is 1. The maximum absolute atomic E-state index is 13.0. The lowest BCUT2D eigenvalue weighted by molar-refractivity contribution is -0.126. The molecule has 1 amide bonds. The predicted octanol–water partition coefficient (Wildman–Crippen LogP) is 2.66. The molecule has 1 aliphatic rings. The van der Waals surface area contributed by atoms with Crippen LogP contribution in [0.2, 0.25) is 0 Å². The van der Waals surface area contributed by atoms with Gasteiger partial charge in [-0.15, -0.1) is 0 Å². The Balaban J connectivity index is 2.12. The molecule has 0 bridgehead atoms. The predicted molar refractivity (Wildman–Crippen MR) is 95.1 cm³/mol. The van der Waals surface area contributed by atoms with Gasteiger partial charge in [0.15, 0.2) is 0 Å². The molecular formula is C19H23N3O2. The lowest BCUT2D eigenvalue weighted by Crippen LogP contribution is -2.44. The van der Waals surface area contributed by atoms with Gasteiger partial charge >= 0.3 is 0 Å². The van der Waals surface area contributed by atoms with Crippen molar-refractivity contribution in [3.05, 3.63) is 35.7 Å². The van der Waals surface area contributed by atoms with Gasteiger partial charge in [0.2, 0.25) is 5.91 Å². The van der Waals surface area contributed by atoms with Crippen LogP contribution in [0.25, 0.3) is 21.8 Å². The Morgan fingerprint density at radius 3 is 2.88 bits per heavy atom. The molecule has 0 radical (unpaired) electrons. The van der Waals surface area contributed by atoms with E-state index in [1.54, 1.807) is 0 Å². The van der Waals surface area contributed by atoms with Crippen LogP contribution in [0, 0.1) is 12.8 Å². The number of hydrogen-bond acceptors (Lipinski definition) is 2. The first-order valence-corrected chi connectivity index (χ1v) is 8.53. The number of rotatable bonds is 2. The monoisotopic (exact) mass is 325 g/mol. The van der Waals surface area contributed by atoms with Gasteiger partial charge in [-0.1, -0.05) is 19.9 Å². The van der Waals surface area contributed by atoms with Gasteiger partial charge in [0.25, 0.3) is 0 Å². The fourth-order valence-electron chi connectivity index (χ4n) is 4.09. The van der Waals surface area contributed by atoms with Crippen LogP contribution >= 0.6 is 0 Å². The highest BCUT2D eigenvalue weighted by Gasteiger charge is 2.31. The van der Waals surface area contributed by atoms with Crippen LogP contribution in [0.3, 0.4) is 0 Å². The summed E-state index contributed by atoms with van der Waals surface area (Å²) in [5.41, 5.74) is 4.42. The van der Waals surface area contributed by atoms with E-state index in [2.05, 4.69) is 53.8 Å². The SMILES string of the molecule is Cc1cc2ccc3[nH]cc4c3c2n1[C@H](C(C)C)C(=O)N[C@H](CO)C4. The van der Waals surface area contributed by atoms with Crippen molar-refractivity contribution in [3.63, 3.8) is 0 Å². The average Bonchev–Trinajstić information content (AvgIpc) is 3.08. The molecule has 0 unspecified atom stereocenters. The first kappa shape index (κ1) is 15.3. The highest BCUT2D eigenvalue weighted by Crippen LogP contribution is 2.36. The lowest BCUT2D eigenvalue weighted by atomic mass is 10.0. The van der Waals surface area contributed by atoms with Crippen molar-refractivity contribution in [3.8, 4) is 0 Å². The van der Waals surface area contributed by atoms with Crippen LogP contribution in [0.1, 0.15) is 31.1 Å². The van der Waals surface area contributed by atoms with E-state index < -0.39 is 0 Å². The number of benzene rings is 1. The first-order chi connectivity index (χ1) is 11.5. The summed E-state index contributed by atoms with van der Waals surface area (Å²) in [6.07, 6.45) is 2.62. The van der Waals surface area contributed by atoms with E-state index in [1.165, 1.54) is 5.39 Å². The minimum absolute atomic E-state index is 0.0178. The summed E-state index contributed by atoms with van der Waals surface area (Å²) >= 11 is 0. The van der Waals surface area contributed by atoms with Crippen molar-refractivity contribution in [2.45, 2.75) is 39.3 Å². The van der Waals surface area contributed by atoms with Gasteiger partial charge in [0.1, 0.15) is 6.04 Å². The van der Waals surface area contributed by atoms with E-state index >= 15 is 0 Å². The first-order valence-electron chi connectivity index (χ1n) is 8.53. The molecule has 5 heteroatoms. The van der Waals surface area contributed by atoms with Crippen LogP contribution < -0.4 is 5.32 Å². The molecule has 4 rings (SSSR count). The molecular weight excluding hydrogens is 302 g/mol. The zero-order valence-electron chi connectivity index (χ0n) is 14.3. The number of aryl methyl sites for hydroxylation is 1. The van der Waals surface area contributed by atoms with Gasteiger partial charge in [-0.05, 0) is 37.0 Å². The summed E-state index contributed by atoms with van der Waals surface area (Å²) in [6.45, 7) is 6.13. The third-order valence-electron chi connectivity index (χ3n) is 5.13. The van der Waals surface area contributed by atoms with Gasteiger partial charge in [-0.25, -0.2) is 0 Å².